The first-order chi connectivity index (χ1) is 13.6. The molecule has 3 aromatic rings. The number of esters is 1. The largest absolute Gasteiger partial charge is 0.466 e. The zero-order chi connectivity index (χ0) is 19.5. The molecule has 0 unspecified atom stereocenters. The molecule has 0 aliphatic carbocycles. The third-order valence-electron chi connectivity index (χ3n) is 5.15. The molecule has 1 atom stereocenters. The quantitative estimate of drug-likeness (QED) is 0.682. The summed E-state index contributed by atoms with van der Waals surface area (Å²) in [5.41, 5.74) is 2.37. The molecule has 1 aliphatic heterocycles. The smallest absolute Gasteiger partial charge is 0.310 e. The minimum atomic E-state index is -0.162. The number of hydrogen-bond acceptors (Lipinski definition) is 5. The monoisotopic (exact) mass is 380 g/mol. The van der Waals surface area contributed by atoms with Gasteiger partial charge in [-0.1, -0.05) is 18.2 Å². The van der Waals surface area contributed by atoms with Gasteiger partial charge in [0.05, 0.1) is 19.1 Å². The van der Waals surface area contributed by atoms with E-state index in [0.29, 0.717) is 13.2 Å². The van der Waals surface area contributed by atoms with Crippen molar-refractivity contribution in [1.82, 2.24) is 4.90 Å². The second-order valence-corrected chi connectivity index (χ2v) is 7.18. The standard InChI is InChI=1S/C22H24N2O4/c1-2-27-22(26)15-6-5-11-24(13-15)14-21(25)23-16-9-10-20-18(12-16)17-7-3-4-8-19(17)28-20/h3-4,7-10,12,15H,2,5-6,11,13-14H2,1H3,(H,23,25)/t15-/m0/s1. The van der Waals surface area contributed by atoms with Crippen LogP contribution in [-0.4, -0.2) is 43.0 Å². The molecule has 1 saturated heterocycles. The van der Waals surface area contributed by atoms with Crippen LogP contribution in [0.25, 0.3) is 21.9 Å². The van der Waals surface area contributed by atoms with Gasteiger partial charge in [0, 0.05) is 23.0 Å². The van der Waals surface area contributed by atoms with Crippen LogP contribution < -0.4 is 5.32 Å². The lowest BCUT2D eigenvalue weighted by molar-refractivity contribution is -0.150. The molecule has 1 amide bonds. The minimum Gasteiger partial charge on any atom is -0.466 e. The first-order valence-corrected chi connectivity index (χ1v) is 9.74. The topological polar surface area (TPSA) is 71.8 Å². The van der Waals surface area contributed by atoms with Gasteiger partial charge in [0.1, 0.15) is 11.2 Å². The number of likely N-dealkylation sites (tertiary alicyclic amines) is 1. The minimum absolute atomic E-state index is 0.0864. The number of carbonyl (C=O) groups is 2. The molecule has 146 valence electrons. The molecule has 0 spiro atoms. The molecule has 0 saturated carbocycles. The van der Waals surface area contributed by atoms with Crippen LogP contribution in [0, 0.1) is 5.92 Å². The number of rotatable bonds is 5. The van der Waals surface area contributed by atoms with Crippen LogP contribution >= 0.6 is 0 Å². The molecule has 0 bridgehead atoms. The summed E-state index contributed by atoms with van der Waals surface area (Å²) in [6.45, 7) is 3.85. The summed E-state index contributed by atoms with van der Waals surface area (Å²) in [5.74, 6) is -0.392. The van der Waals surface area contributed by atoms with E-state index >= 15 is 0 Å². The maximum absolute atomic E-state index is 12.5. The van der Waals surface area contributed by atoms with Gasteiger partial charge in [-0.15, -0.1) is 0 Å². The number of fused-ring (bicyclic) bond motifs is 3. The maximum Gasteiger partial charge on any atom is 0.310 e. The summed E-state index contributed by atoms with van der Waals surface area (Å²) in [7, 11) is 0. The number of piperidine rings is 1. The third-order valence-corrected chi connectivity index (χ3v) is 5.15. The van der Waals surface area contributed by atoms with E-state index in [1.165, 1.54) is 0 Å². The Bertz CT molecular complexity index is 1010. The van der Waals surface area contributed by atoms with E-state index in [4.69, 9.17) is 9.15 Å². The zero-order valence-corrected chi connectivity index (χ0v) is 15.9. The number of amides is 1. The Hall–Kier alpha value is -2.86. The van der Waals surface area contributed by atoms with Crippen LogP contribution in [0.5, 0.6) is 0 Å². The molecule has 2 heterocycles. The third kappa shape index (κ3) is 3.87. The second-order valence-electron chi connectivity index (χ2n) is 7.18. The van der Waals surface area contributed by atoms with Gasteiger partial charge >= 0.3 is 5.97 Å². The van der Waals surface area contributed by atoms with E-state index in [0.717, 1.165) is 47.0 Å². The van der Waals surface area contributed by atoms with Crippen molar-refractivity contribution in [3.05, 3.63) is 42.5 Å². The molecule has 1 N–H and O–H groups in total. The van der Waals surface area contributed by atoms with E-state index in [9.17, 15) is 9.59 Å². The molecule has 0 radical (unpaired) electrons. The molecule has 6 nitrogen and oxygen atoms in total. The Morgan fingerprint density at radius 1 is 1.18 bits per heavy atom. The van der Waals surface area contributed by atoms with Crippen LogP contribution in [0.15, 0.2) is 46.9 Å². The highest BCUT2D eigenvalue weighted by molar-refractivity contribution is 6.07. The van der Waals surface area contributed by atoms with Crippen LogP contribution in [0.2, 0.25) is 0 Å². The highest BCUT2D eigenvalue weighted by Crippen LogP contribution is 2.30. The molecule has 28 heavy (non-hydrogen) atoms. The van der Waals surface area contributed by atoms with E-state index in [-0.39, 0.29) is 24.3 Å². The number of hydrogen-bond donors (Lipinski definition) is 1. The van der Waals surface area contributed by atoms with E-state index in [1.807, 2.05) is 54.3 Å². The van der Waals surface area contributed by atoms with E-state index in [1.54, 1.807) is 0 Å². The average molecular weight is 380 g/mol. The zero-order valence-electron chi connectivity index (χ0n) is 15.9. The van der Waals surface area contributed by atoms with Gasteiger partial charge in [-0.3, -0.25) is 14.5 Å². The van der Waals surface area contributed by atoms with Crippen molar-refractivity contribution in [2.24, 2.45) is 5.92 Å². The van der Waals surface area contributed by atoms with Crippen LogP contribution in [0.3, 0.4) is 0 Å². The highest BCUT2D eigenvalue weighted by atomic mass is 16.5. The first-order valence-electron chi connectivity index (χ1n) is 9.74. The fraction of sp³-hybridized carbons (Fsp3) is 0.364. The van der Waals surface area contributed by atoms with Gasteiger partial charge in [-0.25, -0.2) is 0 Å². The Morgan fingerprint density at radius 2 is 2.00 bits per heavy atom. The summed E-state index contributed by atoms with van der Waals surface area (Å²) < 4.78 is 10.9. The SMILES string of the molecule is CCOC(=O)[C@H]1CCCN(CC(=O)Nc2ccc3oc4ccccc4c3c2)C1. The van der Waals surface area contributed by atoms with E-state index < -0.39 is 0 Å². The maximum atomic E-state index is 12.5. The predicted octanol–water partition coefficient (Wildman–Crippen LogP) is 3.80. The lowest BCUT2D eigenvalue weighted by atomic mass is 9.98. The second kappa shape index (κ2) is 8.02. The summed E-state index contributed by atoms with van der Waals surface area (Å²) >= 11 is 0. The summed E-state index contributed by atoms with van der Waals surface area (Å²) in [6.07, 6.45) is 1.71. The average Bonchev–Trinajstić information content (AvgIpc) is 3.06. The molecule has 1 aromatic heterocycles. The van der Waals surface area contributed by atoms with Crippen molar-refractivity contribution in [3.63, 3.8) is 0 Å². The van der Waals surface area contributed by atoms with Crippen molar-refractivity contribution >= 4 is 39.5 Å². The Labute approximate surface area is 163 Å². The van der Waals surface area contributed by atoms with Crippen molar-refractivity contribution in [2.45, 2.75) is 19.8 Å². The summed E-state index contributed by atoms with van der Waals surface area (Å²) in [4.78, 5) is 26.5. The molecular weight excluding hydrogens is 356 g/mol. The van der Waals surface area contributed by atoms with Gasteiger partial charge < -0.3 is 14.5 Å². The van der Waals surface area contributed by atoms with Crippen molar-refractivity contribution in [1.29, 1.82) is 0 Å². The van der Waals surface area contributed by atoms with Gasteiger partial charge in [-0.2, -0.15) is 0 Å². The Kier molecular flexibility index (Phi) is 5.30. The normalized spacial score (nSPS) is 17.7. The predicted molar refractivity (Wildman–Crippen MR) is 108 cm³/mol. The summed E-state index contributed by atoms with van der Waals surface area (Å²) in [6, 6.07) is 13.5. The number of carbonyl (C=O) groups excluding carboxylic acids is 2. The number of nitrogens with zero attached hydrogens (tertiary/aromatic N) is 1. The number of ether oxygens (including phenoxy) is 1. The van der Waals surface area contributed by atoms with Crippen LogP contribution in [-0.2, 0) is 14.3 Å². The lowest BCUT2D eigenvalue weighted by Crippen LogP contribution is -2.43. The number of benzene rings is 2. The number of anilines is 1. The van der Waals surface area contributed by atoms with Crippen LogP contribution in [0.1, 0.15) is 19.8 Å². The highest BCUT2D eigenvalue weighted by Gasteiger charge is 2.27. The molecule has 6 heteroatoms. The molecule has 2 aromatic carbocycles. The number of nitrogens with one attached hydrogen (secondary N) is 1. The lowest BCUT2D eigenvalue weighted by Gasteiger charge is -2.30. The number of furan rings is 1. The fourth-order valence-corrected chi connectivity index (χ4v) is 3.86. The van der Waals surface area contributed by atoms with Gasteiger partial charge in [0.15, 0.2) is 0 Å². The van der Waals surface area contributed by atoms with Gasteiger partial charge in [0.2, 0.25) is 5.91 Å². The summed E-state index contributed by atoms with van der Waals surface area (Å²) in [5, 5.41) is 4.98. The fourth-order valence-electron chi connectivity index (χ4n) is 3.86. The van der Waals surface area contributed by atoms with Gasteiger partial charge in [0.25, 0.3) is 0 Å². The van der Waals surface area contributed by atoms with E-state index in [2.05, 4.69) is 5.32 Å². The van der Waals surface area contributed by atoms with Crippen molar-refractivity contribution < 1.29 is 18.7 Å². The first kappa shape index (κ1) is 18.5. The molecule has 1 aliphatic rings. The van der Waals surface area contributed by atoms with Crippen LogP contribution in [0.4, 0.5) is 5.69 Å². The Morgan fingerprint density at radius 3 is 2.86 bits per heavy atom. The molecule has 4 rings (SSSR count). The molecular formula is C22H24N2O4. The van der Waals surface area contributed by atoms with Crippen molar-refractivity contribution in [2.75, 3.05) is 31.6 Å². The van der Waals surface area contributed by atoms with Gasteiger partial charge in [-0.05, 0) is 50.6 Å². The Balaban J connectivity index is 1.42. The molecule has 1 fully saturated rings. The number of para-hydroxylation sites is 1. The van der Waals surface area contributed by atoms with Crippen molar-refractivity contribution in [3.8, 4) is 0 Å².